The fourth-order valence-corrected chi connectivity index (χ4v) is 2.51. The molecule has 1 aromatic rings. The highest BCUT2D eigenvalue weighted by Crippen LogP contribution is 2.28. The van der Waals surface area contributed by atoms with Gasteiger partial charge in [-0.2, -0.15) is 0 Å². The molecule has 70 valence electrons. The van der Waals surface area contributed by atoms with Crippen molar-refractivity contribution in [2.24, 2.45) is 0 Å². The second kappa shape index (κ2) is 3.95. The van der Waals surface area contributed by atoms with Crippen molar-refractivity contribution >= 4 is 27.5 Å². The van der Waals surface area contributed by atoms with E-state index in [2.05, 4.69) is 26.2 Å². The first-order valence-corrected chi connectivity index (χ1v) is 5.49. The molecule has 1 aliphatic heterocycles. The third kappa shape index (κ3) is 2.03. The van der Waals surface area contributed by atoms with Crippen LogP contribution in [0.1, 0.15) is 24.6 Å². The van der Waals surface area contributed by atoms with Crippen LogP contribution < -0.4 is 5.32 Å². The highest BCUT2D eigenvalue weighted by molar-refractivity contribution is 9.10. The topological polar surface area (TPSA) is 24.9 Å². The van der Waals surface area contributed by atoms with Crippen LogP contribution in [-0.4, -0.2) is 11.5 Å². The molecule has 2 heterocycles. The Labute approximate surface area is 90.8 Å². The molecule has 1 aromatic heterocycles. The van der Waals surface area contributed by atoms with Gasteiger partial charge in [-0.25, -0.2) is 0 Å². The van der Waals surface area contributed by atoms with Crippen molar-refractivity contribution in [2.75, 3.05) is 6.54 Å². The van der Waals surface area contributed by atoms with Gasteiger partial charge in [-0.1, -0.05) is 11.6 Å². The Morgan fingerprint density at radius 2 is 2.46 bits per heavy atom. The maximum Gasteiger partial charge on any atom is 0.0716 e. The molecule has 13 heavy (non-hydrogen) atoms. The molecule has 2 nitrogen and oxygen atoms in total. The Morgan fingerprint density at radius 1 is 1.62 bits per heavy atom. The zero-order valence-corrected chi connectivity index (χ0v) is 9.40. The van der Waals surface area contributed by atoms with Gasteiger partial charge in [0, 0.05) is 10.7 Å². The molecule has 0 bridgehead atoms. The van der Waals surface area contributed by atoms with Gasteiger partial charge in [-0.15, -0.1) is 0 Å². The van der Waals surface area contributed by atoms with E-state index in [0.29, 0.717) is 11.1 Å². The molecule has 1 saturated heterocycles. The van der Waals surface area contributed by atoms with Crippen LogP contribution in [0, 0.1) is 0 Å². The quantitative estimate of drug-likeness (QED) is 0.841. The van der Waals surface area contributed by atoms with Crippen LogP contribution in [0.5, 0.6) is 0 Å². The Kier molecular flexibility index (Phi) is 2.86. The molecule has 1 fully saturated rings. The van der Waals surface area contributed by atoms with Crippen molar-refractivity contribution in [3.63, 3.8) is 0 Å². The lowest BCUT2D eigenvalue weighted by Crippen LogP contribution is -2.14. The largest absolute Gasteiger partial charge is 0.309 e. The van der Waals surface area contributed by atoms with Crippen molar-refractivity contribution in [3.05, 3.63) is 27.5 Å². The van der Waals surface area contributed by atoms with Crippen LogP contribution in [0.4, 0.5) is 0 Å². The standard InChI is InChI=1S/C9H10BrClN2/c10-7-4-6(11)5-13-9(7)8-2-1-3-12-8/h4-5,8,12H,1-3H2. The lowest BCUT2D eigenvalue weighted by molar-refractivity contribution is 0.624. The van der Waals surface area contributed by atoms with Gasteiger partial charge in [0.2, 0.25) is 0 Å². The number of nitrogens with one attached hydrogen (secondary N) is 1. The van der Waals surface area contributed by atoms with Crippen molar-refractivity contribution in [1.29, 1.82) is 0 Å². The Bertz CT molecular complexity index is 310. The normalized spacial score (nSPS) is 22.2. The molecule has 1 unspecified atom stereocenters. The van der Waals surface area contributed by atoms with Gasteiger partial charge in [-0.05, 0) is 41.4 Å². The van der Waals surface area contributed by atoms with Crippen molar-refractivity contribution in [3.8, 4) is 0 Å². The van der Waals surface area contributed by atoms with E-state index in [4.69, 9.17) is 11.6 Å². The lowest BCUT2D eigenvalue weighted by atomic mass is 10.1. The van der Waals surface area contributed by atoms with Crippen LogP contribution in [0.25, 0.3) is 0 Å². The number of aromatic nitrogens is 1. The summed E-state index contributed by atoms with van der Waals surface area (Å²) in [6, 6.07) is 2.29. The summed E-state index contributed by atoms with van der Waals surface area (Å²) in [6.45, 7) is 1.08. The summed E-state index contributed by atoms with van der Waals surface area (Å²) in [4.78, 5) is 4.32. The average Bonchev–Trinajstić information content (AvgIpc) is 2.56. The highest BCUT2D eigenvalue weighted by atomic mass is 79.9. The van der Waals surface area contributed by atoms with Gasteiger partial charge in [0.05, 0.1) is 16.8 Å². The molecule has 1 atom stereocenters. The second-order valence-electron chi connectivity index (χ2n) is 3.17. The summed E-state index contributed by atoms with van der Waals surface area (Å²) in [5.41, 5.74) is 1.07. The molecular weight excluding hydrogens is 251 g/mol. The van der Waals surface area contributed by atoms with Crippen molar-refractivity contribution in [1.82, 2.24) is 10.3 Å². The summed E-state index contributed by atoms with van der Waals surface area (Å²) in [5.74, 6) is 0. The molecular formula is C9H10BrClN2. The minimum absolute atomic E-state index is 0.395. The van der Waals surface area contributed by atoms with Gasteiger partial charge in [0.15, 0.2) is 0 Å². The first-order valence-electron chi connectivity index (χ1n) is 4.31. The minimum atomic E-state index is 0.395. The zero-order valence-electron chi connectivity index (χ0n) is 7.06. The summed E-state index contributed by atoms with van der Waals surface area (Å²) in [5, 5.41) is 4.07. The molecule has 0 amide bonds. The van der Waals surface area contributed by atoms with Gasteiger partial charge in [-0.3, -0.25) is 4.98 Å². The van der Waals surface area contributed by atoms with E-state index in [0.717, 1.165) is 23.1 Å². The third-order valence-electron chi connectivity index (χ3n) is 2.23. The first-order chi connectivity index (χ1) is 6.27. The highest BCUT2D eigenvalue weighted by Gasteiger charge is 2.19. The molecule has 0 spiro atoms. The molecule has 4 heteroatoms. The predicted octanol–water partition coefficient (Wildman–Crippen LogP) is 2.92. The number of rotatable bonds is 1. The SMILES string of the molecule is Clc1cnc(C2CCCN2)c(Br)c1. The van der Waals surface area contributed by atoms with E-state index in [1.165, 1.54) is 6.42 Å². The Balaban J connectivity index is 2.29. The van der Waals surface area contributed by atoms with E-state index in [-0.39, 0.29) is 0 Å². The first kappa shape index (κ1) is 9.44. The van der Waals surface area contributed by atoms with E-state index in [1.807, 2.05) is 6.07 Å². The summed E-state index contributed by atoms with van der Waals surface area (Å²) in [6.07, 6.45) is 4.08. The Hall–Kier alpha value is -0.120. The van der Waals surface area contributed by atoms with E-state index < -0.39 is 0 Å². The van der Waals surface area contributed by atoms with Gasteiger partial charge < -0.3 is 5.32 Å². The predicted molar refractivity (Wildman–Crippen MR) is 56.9 cm³/mol. The molecule has 0 radical (unpaired) electrons. The third-order valence-corrected chi connectivity index (χ3v) is 3.07. The van der Waals surface area contributed by atoms with Gasteiger partial charge in [0.1, 0.15) is 0 Å². The molecule has 2 rings (SSSR count). The van der Waals surface area contributed by atoms with Crippen molar-refractivity contribution < 1.29 is 0 Å². The second-order valence-corrected chi connectivity index (χ2v) is 4.46. The monoisotopic (exact) mass is 260 g/mol. The van der Waals surface area contributed by atoms with Crippen molar-refractivity contribution in [2.45, 2.75) is 18.9 Å². The lowest BCUT2D eigenvalue weighted by Gasteiger charge is -2.11. The van der Waals surface area contributed by atoms with Crippen LogP contribution in [-0.2, 0) is 0 Å². The number of hydrogen-bond acceptors (Lipinski definition) is 2. The zero-order chi connectivity index (χ0) is 9.26. The van der Waals surface area contributed by atoms with E-state index >= 15 is 0 Å². The van der Waals surface area contributed by atoms with Gasteiger partial charge >= 0.3 is 0 Å². The summed E-state index contributed by atoms with van der Waals surface area (Å²) in [7, 11) is 0. The van der Waals surface area contributed by atoms with E-state index in [9.17, 15) is 0 Å². The molecule has 1 N–H and O–H groups in total. The Morgan fingerprint density at radius 3 is 3.08 bits per heavy atom. The van der Waals surface area contributed by atoms with Gasteiger partial charge in [0.25, 0.3) is 0 Å². The maximum absolute atomic E-state index is 5.81. The molecule has 0 aromatic carbocycles. The fourth-order valence-electron chi connectivity index (χ4n) is 1.60. The fraction of sp³-hybridized carbons (Fsp3) is 0.444. The molecule has 0 aliphatic carbocycles. The maximum atomic E-state index is 5.81. The molecule has 1 aliphatic rings. The number of nitrogens with zero attached hydrogens (tertiary/aromatic N) is 1. The van der Waals surface area contributed by atoms with E-state index in [1.54, 1.807) is 6.20 Å². The summed E-state index contributed by atoms with van der Waals surface area (Å²) < 4.78 is 0.999. The van der Waals surface area contributed by atoms with Crippen LogP contribution in [0.2, 0.25) is 5.02 Å². The average molecular weight is 262 g/mol. The van der Waals surface area contributed by atoms with Crippen LogP contribution in [0.3, 0.4) is 0 Å². The van der Waals surface area contributed by atoms with Crippen LogP contribution >= 0.6 is 27.5 Å². The molecule has 0 saturated carbocycles. The van der Waals surface area contributed by atoms with Crippen LogP contribution in [0.15, 0.2) is 16.7 Å². The summed E-state index contributed by atoms with van der Waals surface area (Å²) >= 11 is 9.28. The number of pyridine rings is 1. The minimum Gasteiger partial charge on any atom is -0.309 e. The number of hydrogen-bond donors (Lipinski definition) is 1. The smallest absolute Gasteiger partial charge is 0.0716 e. The number of halogens is 2.